The third-order valence-electron chi connectivity index (χ3n) is 2.80. The maximum atomic E-state index is 11.9. The van der Waals surface area contributed by atoms with Crippen LogP contribution in [0.4, 0.5) is 4.79 Å². The molecule has 1 fully saturated rings. The molecule has 1 aliphatic rings. The van der Waals surface area contributed by atoms with Crippen molar-refractivity contribution < 1.29 is 24.2 Å². The van der Waals surface area contributed by atoms with Crippen molar-refractivity contribution in [3.05, 3.63) is 0 Å². The number of carboxylic acid groups (broad SMARTS) is 1. The normalized spacial score (nSPS) is 24.8. The van der Waals surface area contributed by atoms with E-state index in [0.717, 1.165) is 0 Å². The Balaban J connectivity index is 2.75. The number of carbonyl (C=O) groups excluding carboxylic acids is 1. The fourth-order valence-corrected chi connectivity index (χ4v) is 1.76. The molecule has 0 aromatic heterocycles. The van der Waals surface area contributed by atoms with Crippen LogP contribution in [0.3, 0.4) is 0 Å². The Morgan fingerprint density at radius 3 is 2.50 bits per heavy atom. The van der Waals surface area contributed by atoms with E-state index < -0.39 is 23.3 Å². The Kier molecular flexibility index (Phi) is 4.21. The van der Waals surface area contributed by atoms with Crippen LogP contribution in [0.1, 0.15) is 34.1 Å². The van der Waals surface area contributed by atoms with Gasteiger partial charge >= 0.3 is 12.1 Å². The average Bonchev–Trinajstić information content (AvgIpc) is 2.26. The van der Waals surface area contributed by atoms with E-state index in [1.54, 1.807) is 27.7 Å². The van der Waals surface area contributed by atoms with Gasteiger partial charge in [0.15, 0.2) is 5.60 Å². The molecule has 0 aromatic rings. The third kappa shape index (κ3) is 3.35. The number of aliphatic carboxylic acids is 1. The van der Waals surface area contributed by atoms with Gasteiger partial charge in [-0.1, -0.05) is 6.92 Å². The predicted molar refractivity (Wildman–Crippen MR) is 64.4 cm³/mol. The number of ether oxygens (including phenoxy) is 2. The van der Waals surface area contributed by atoms with Crippen LogP contribution in [0.5, 0.6) is 0 Å². The molecule has 1 amide bonds. The summed E-state index contributed by atoms with van der Waals surface area (Å²) in [6, 6.07) is 0. The molecular weight excluding hydrogens is 238 g/mol. The van der Waals surface area contributed by atoms with Crippen LogP contribution in [0.15, 0.2) is 0 Å². The Bertz CT molecular complexity index is 336. The van der Waals surface area contributed by atoms with Crippen LogP contribution in [-0.2, 0) is 14.3 Å². The summed E-state index contributed by atoms with van der Waals surface area (Å²) in [6.45, 7) is 7.63. The summed E-state index contributed by atoms with van der Waals surface area (Å²) >= 11 is 0. The van der Waals surface area contributed by atoms with E-state index >= 15 is 0 Å². The van der Waals surface area contributed by atoms with Crippen LogP contribution < -0.4 is 0 Å². The lowest BCUT2D eigenvalue weighted by molar-refractivity contribution is -0.177. The van der Waals surface area contributed by atoms with Crippen molar-refractivity contribution in [2.45, 2.75) is 45.3 Å². The molecule has 1 atom stereocenters. The molecule has 0 aliphatic carbocycles. The number of morpholine rings is 1. The van der Waals surface area contributed by atoms with Gasteiger partial charge in [0.1, 0.15) is 5.60 Å². The highest BCUT2D eigenvalue weighted by molar-refractivity contribution is 5.79. The van der Waals surface area contributed by atoms with E-state index in [2.05, 4.69) is 0 Å². The van der Waals surface area contributed by atoms with Crippen molar-refractivity contribution in [3.8, 4) is 0 Å². The first-order chi connectivity index (χ1) is 8.20. The smallest absolute Gasteiger partial charge is 0.410 e. The third-order valence-corrected chi connectivity index (χ3v) is 2.80. The lowest BCUT2D eigenvalue weighted by Gasteiger charge is -2.39. The van der Waals surface area contributed by atoms with Crippen molar-refractivity contribution in [2.75, 3.05) is 19.7 Å². The summed E-state index contributed by atoms with van der Waals surface area (Å²) in [4.78, 5) is 24.5. The van der Waals surface area contributed by atoms with E-state index in [1.807, 2.05) is 0 Å². The van der Waals surface area contributed by atoms with E-state index in [1.165, 1.54) is 4.90 Å². The number of rotatable bonds is 2. The molecular formula is C12H21NO5. The zero-order chi connectivity index (χ0) is 14.0. The molecule has 6 nitrogen and oxygen atoms in total. The van der Waals surface area contributed by atoms with Crippen LogP contribution in [0.25, 0.3) is 0 Å². The molecule has 0 radical (unpaired) electrons. The van der Waals surface area contributed by atoms with Gasteiger partial charge in [-0.15, -0.1) is 0 Å². The zero-order valence-corrected chi connectivity index (χ0v) is 11.4. The van der Waals surface area contributed by atoms with E-state index in [9.17, 15) is 14.7 Å². The number of nitrogens with zero attached hydrogens (tertiary/aromatic N) is 1. The van der Waals surface area contributed by atoms with Crippen molar-refractivity contribution in [2.24, 2.45) is 0 Å². The second kappa shape index (κ2) is 5.14. The summed E-state index contributed by atoms with van der Waals surface area (Å²) in [7, 11) is 0. The molecule has 1 rings (SSSR count). The lowest BCUT2D eigenvalue weighted by atomic mass is 9.98. The second-order valence-electron chi connectivity index (χ2n) is 5.40. The molecule has 6 heteroatoms. The van der Waals surface area contributed by atoms with Crippen molar-refractivity contribution in [3.63, 3.8) is 0 Å². The maximum Gasteiger partial charge on any atom is 0.410 e. The first-order valence-electron chi connectivity index (χ1n) is 6.05. The van der Waals surface area contributed by atoms with E-state index in [4.69, 9.17) is 9.47 Å². The number of hydrogen-bond acceptors (Lipinski definition) is 4. The van der Waals surface area contributed by atoms with E-state index in [0.29, 0.717) is 13.0 Å². The van der Waals surface area contributed by atoms with Crippen molar-refractivity contribution in [1.82, 2.24) is 4.90 Å². The quantitative estimate of drug-likeness (QED) is 0.813. The van der Waals surface area contributed by atoms with Gasteiger partial charge in [0.25, 0.3) is 0 Å². The topological polar surface area (TPSA) is 76.1 Å². The molecule has 0 spiro atoms. The first-order valence-corrected chi connectivity index (χ1v) is 6.05. The van der Waals surface area contributed by atoms with Gasteiger partial charge in [0.2, 0.25) is 0 Å². The molecule has 18 heavy (non-hydrogen) atoms. The fraction of sp³-hybridized carbons (Fsp3) is 0.833. The maximum absolute atomic E-state index is 11.9. The molecule has 1 aliphatic heterocycles. The summed E-state index contributed by atoms with van der Waals surface area (Å²) in [5.41, 5.74) is -1.90. The second-order valence-corrected chi connectivity index (χ2v) is 5.40. The Morgan fingerprint density at radius 2 is 2.06 bits per heavy atom. The minimum atomic E-state index is -1.31. The molecule has 0 aromatic carbocycles. The summed E-state index contributed by atoms with van der Waals surface area (Å²) in [5, 5.41) is 9.22. The molecule has 0 saturated carbocycles. The van der Waals surface area contributed by atoms with Gasteiger partial charge in [-0.05, 0) is 27.2 Å². The van der Waals surface area contributed by atoms with Gasteiger partial charge < -0.3 is 19.5 Å². The fourth-order valence-electron chi connectivity index (χ4n) is 1.76. The lowest BCUT2D eigenvalue weighted by Crippen LogP contribution is -2.58. The Hall–Kier alpha value is -1.30. The SMILES string of the molecule is CCC1(C(=O)O)CN(C(=O)OC(C)(C)C)CCO1. The van der Waals surface area contributed by atoms with Gasteiger partial charge in [-0.25, -0.2) is 9.59 Å². The Labute approximate surface area is 107 Å². The van der Waals surface area contributed by atoms with Gasteiger partial charge in [-0.2, -0.15) is 0 Å². The van der Waals surface area contributed by atoms with Gasteiger partial charge in [0, 0.05) is 6.54 Å². The van der Waals surface area contributed by atoms with Crippen LogP contribution >= 0.6 is 0 Å². The number of carbonyl (C=O) groups is 2. The highest BCUT2D eigenvalue weighted by Gasteiger charge is 2.44. The van der Waals surface area contributed by atoms with Crippen molar-refractivity contribution in [1.29, 1.82) is 0 Å². The summed E-state index contributed by atoms with van der Waals surface area (Å²) in [6.07, 6.45) is -0.188. The zero-order valence-electron chi connectivity index (χ0n) is 11.4. The molecule has 0 bridgehead atoms. The monoisotopic (exact) mass is 259 g/mol. The molecule has 1 saturated heterocycles. The molecule has 1 heterocycles. The van der Waals surface area contributed by atoms with E-state index in [-0.39, 0.29) is 13.2 Å². The summed E-state index contributed by atoms with van der Waals surface area (Å²) < 4.78 is 10.6. The van der Waals surface area contributed by atoms with Crippen LogP contribution in [0.2, 0.25) is 0 Å². The molecule has 1 N–H and O–H groups in total. The standard InChI is InChI=1S/C12H21NO5/c1-5-12(9(14)15)8-13(6-7-17-12)10(16)18-11(2,3)4/h5-8H2,1-4H3,(H,14,15). The van der Waals surface area contributed by atoms with Crippen LogP contribution in [0, 0.1) is 0 Å². The highest BCUT2D eigenvalue weighted by atomic mass is 16.6. The number of amides is 1. The van der Waals surface area contributed by atoms with Crippen molar-refractivity contribution >= 4 is 12.1 Å². The Morgan fingerprint density at radius 1 is 1.44 bits per heavy atom. The van der Waals surface area contributed by atoms with Crippen LogP contribution in [-0.4, -0.2) is 53.0 Å². The first kappa shape index (κ1) is 14.8. The molecule has 1 unspecified atom stereocenters. The minimum Gasteiger partial charge on any atom is -0.479 e. The molecule has 104 valence electrons. The summed E-state index contributed by atoms with van der Waals surface area (Å²) in [5.74, 6) is -1.04. The number of carboxylic acids is 1. The average molecular weight is 259 g/mol. The number of hydrogen-bond donors (Lipinski definition) is 1. The van der Waals surface area contributed by atoms with Gasteiger partial charge in [-0.3, -0.25) is 0 Å². The largest absolute Gasteiger partial charge is 0.479 e. The predicted octanol–water partition coefficient (Wildman–Crippen LogP) is 1.49. The highest BCUT2D eigenvalue weighted by Crippen LogP contribution is 2.23. The minimum absolute atomic E-state index is 0.0216. The van der Waals surface area contributed by atoms with Gasteiger partial charge in [0.05, 0.1) is 13.2 Å².